The molecule has 2 atom stereocenters. The van der Waals surface area contributed by atoms with Crippen LogP contribution in [0.15, 0.2) is 59.9 Å². The highest BCUT2D eigenvalue weighted by Crippen LogP contribution is 2.26. The molecule has 0 aliphatic carbocycles. The van der Waals surface area contributed by atoms with Crippen molar-refractivity contribution >= 4 is 29.1 Å². The fourth-order valence-corrected chi connectivity index (χ4v) is 4.52. The summed E-state index contributed by atoms with van der Waals surface area (Å²) in [6.45, 7) is 4.98. The first-order valence-corrected chi connectivity index (χ1v) is 12.3. The third-order valence-electron chi connectivity index (χ3n) is 5.57. The van der Waals surface area contributed by atoms with E-state index in [1.807, 2.05) is 0 Å². The zero-order valence-corrected chi connectivity index (χ0v) is 21.3. The van der Waals surface area contributed by atoms with E-state index < -0.39 is 41.0 Å². The van der Waals surface area contributed by atoms with Crippen LogP contribution in [0.25, 0.3) is 10.4 Å². The molecule has 37 heavy (non-hydrogen) atoms. The number of amides is 3. The largest absolute Gasteiger partial charge is 0.349 e. The van der Waals surface area contributed by atoms with Gasteiger partial charge in [-0.15, -0.1) is 16.2 Å². The molecule has 0 spiro atoms. The predicted octanol–water partition coefficient (Wildman–Crippen LogP) is 4.64. The van der Waals surface area contributed by atoms with Gasteiger partial charge in [0.05, 0.1) is 4.88 Å². The number of carbonyl (C=O) groups is 3. The van der Waals surface area contributed by atoms with Crippen molar-refractivity contribution in [2.24, 2.45) is 11.1 Å². The van der Waals surface area contributed by atoms with Gasteiger partial charge in [-0.05, 0) is 62.1 Å². The van der Waals surface area contributed by atoms with Gasteiger partial charge in [-0.2, -0.15) is 0 Å². The molecule has 1 aromatic heterocycles. The van der Waals surface area contributed by atoms with Crippen molar-refractivity contribution in [2.75, 3.05) is 0 Å². The van der Waals surface area contributed by atoms with Gasteiger partial charge >= 0.3 is 0 Å². The Morgan fingerprint density at radius 1 is 1.03 bits per heavy atom. The number of thiazole rings is 1. The van der Waals surface area contributed by atoms with Gasteiger partial charge in [-0.3, -0.25) is 14.4 Å². The Kier molecular flexibility index (Phi) is 8.93. The van der Waals surface area contributed by atoms with E-state index in [4.69, 9.17) is 0 Å². The fourth-order valence-electron chi connectivity index (χ4n) is 3.70. The highest BCUT2D eigenvalue weighted by Gasteiger charge is 2.31. The minimum absolute atomic E-state index is 0.0650. The van der Waals surface area contributed by atoms with E-state index in [-0.39, 0.29) is 17.2 Å². The summed E-state index contributed by atoms with van der Waals surface area (Å²) in [5.41, 5.74) is 0.675. The van der Waals surface area contributed by atoms with Crippen LogP contribution in [0.3, 0.4) is 0 Å². The summed E-state index contributed by atoms with van der Waals surface area (Å²) in [5.74, 6) is -3.84. The first kappa shape index (κ1) is 27.7. The molecule has 0 saturated heterocycles. The average Bonchev–Trinajstić information content (AvgIpc) is 3.35. The molecule has 2 N–H and O–H groups in total. The lowest BCUT2D eigenvalue weighted by molar-refractivity contribution is -0.126. The Morgan fingerprint density at radius 3 is 2.22 bits per heavy atom. The average molecular weight is 529 g/mol. The van der Waals surface area contributed by atoms with E-state index in [0.29, 0.717) is 16.9 Å². The van der Waals surface area contributed by atoms with Crippen molar-refractivity contribution in [1.29, 1.82) is 0 Å². The second kappa shape index (κ2) is 11.9. The van der Waals surface area contributed by atoms with Crippen LogP contribution in [-0.2, 0) is 16.0 Å². The van der Waals surface area contributed by atoms with Crippen molar-refractivity contribution in [3.63, 3.8) is 0 Å². The number of nitroso groups, excluding NO2 is 1. The van der Waals surface area contributed by atoms with E-state index in [1.54, 1.807) is 38.1 Å². The van der Waals surface area contributed by atoms with Gasteiger partial charge in [0, 0.05) is 22.8 Å². The Labute approximate surface area is 216 Å². The molecule has 1 unspecified atom stereocenters. The van der Waals surface area contributed by atoms with Gasteiger partial charge < -0.3 is 10.6 Å². The molecule has 3 amide bonds. The zero-order valence-electron chi connectivity index (χ0n) is 20.5. The van der Waals surface area contributed by atoms with Gasteiger partial charge in [0.15, 0.2) is 5.01 Å². The molecule has 8 nitrogen and oxygen atoms in total. The normalized spacial score (nSPS) is 12.9. The summed E-state index contributed by atoms with van der Waals surface area (Å²) in [5, 5.41) is 7.94. The maximum absolute atomic E-state index is 13.2. The van der Waals surface area contributed by atoms with Gasteiger partial charge in [-0.1, -0.05) is 31.2 Å². The standard InChI is InChI=1S/C26H26F2N4O4S/c1-15(22(33)32-36)12-20(23(34)31-26(2,3)13-16-4-8-18(27)9-5-16)30-24(35)25-29-14-21(37-25)17-6-10-19(28)11-7-17/h4-11,14-15,20H,12-13H2,1-3H3,(H,30,35)(H,31,34)/t15?,20-/m0/s1. The minimum Gasteiger partial charge on any atom is -0.349 e. The predicted molar refractivity (Wildman–Crippen MR) is 136 cm³/mol. The van der Waals surface area contributed by atoms with Crippen LogP contribution < -0.4 is 10.6 Å². The second-order valence-corrected chi connectivity index (χ2v) is 10.3. The Balaban J connectivity index is 1.75. The molecule has 0 aliphatic heterocycles. The van der Waals surface area contributed by atoms with E-state index in [0.717, 1.165) is 16.9 Å². The monoisotopic (exact) mass is 528 g/mol. The SMILES string of the molecule is CC(C[C@H](NC(=O)c1ncc(-c2ccc(F)cc2)s1)C(=O)NC(C)(C)Cc1ccc(F)cc1)C(=O)N=O. The van der Waals surface area contributed by atoms with Crippen molar-refractivity contribution in [3.8, 4) is 10.4 Å². The van der Waals surface area contributed by atoms with Crippen LogP contribution in [0, 0.1) is 22.5 Å². The lowest BCUT2D eigenvalue weighted by atomic mass is 9.93. The van der Waals surface area contributed by atoms with Crippen molar-refractivity contribution < 1.29 is 23.2 Å². The Morgan fingerprint density at radius 2 is 1.62 bits per heavy atom. The number of nitrogens with one attached hydrogen (secondary N) is 2. The fraction of sp³-hybridized carbons (Fsp3) is 0.308. The third kappa shape index (κ3) is 7.81. The lowest BCUT2D eigenvalue weighted by Gasteiger charge is -2.30. The van der Waals surface area contributed by atoms with Gasteiger partial charge in [-0.25, -0.2) is 13.8 Å². The van der Waals surface area contributed by atoms with E-state index in [1.165, 1.54) is 37.4 Å². The molecule has 3 aromatic rings. The number of halogens is 2. The zero-order chi connectivity index (χ0) is 27.2. The molecular formula is C26H26F2N4O4S. The maximum atomic E-state index is 13.2. The van der Waals surface area contributed by atoms with Gasteiger partial charge in [0.2, 0.25) is 5.91 Å². The lowest BCUT2D eigenvalue weighted by Crippen LogP contribution is -2.54. The molecule has 194 valence electrons. The smallest absolute Gasteiger partial charge is 0.289 e. The molecule has 0 fully saturated rings. The van der Waals surface area contributed by atoms with Crippen molar-refractivity contribution in [2.45, 2.75) is 45.2 Å². The minimum atomic E-state index is -1.17. The second-order valence-electron chi connectivity index (χ2n) is 9.31. The van der Waals surface area contributed by atoms with E-state index in [2.05, 4.69) is 20.8 Å². The number of hydrogen-bond acceptors (Lipinski definition) is 6. The van der Waals surface area contributed by atoms with E-state index >= 15 is 0 Å². The first-order valence-electron chi connectivity index (χ1n) is 11.4. The quantitative estimate of drug-likeness (QED) is 0.372. The molecular weight excluding hydrogens is 502 g/mol. The van der Waals surface area contributed by atoms with Crippen LogP contribution in [0.4, 0.5) is 8.78 Å². The molecule has 0 radical (unpaired) electrons. The molecule has 11 heteroatoms. The Bertz CT molecular complexity index is 1280. The van der Waals surface area contributed by atoms with Crippen molar-refractivity contribution in [3.05, 3.63) is 81.8 Å². The third-order valence-corrected chi connectivity index (χ3v) is 6.62. The summed E-state index contributed by atoms with van der Waals surface area (Å²) in [4.78, 5) is 53.4. The molecule has 2 aromatic carbocycles. The van der Waals surface area contributed by atoms with Gasteiger partial charge in [0.1, 0.15) is 17.7 Å². The summed E-state index contributed by atoms with van der Waals surface area (Å²) in [7, 11) is 0. The van der Waals surface area contributed by atoms with Crippen LogP contribution >= 0.6 is 11.3 Å². The highest BCUT2D eigenvalue weighted by molar-refractivity contribution is 7.17. The molecule has 0 saturated carbocycles. The Hall–Kier alpha value is -3.86. The summed E-state index contributed by atoms with van der Waals surface area (Å²) >= 11 is 1.06. The van der Waals surface area contributed by atoms with Crippen LogP contribution in [0.5, 0.6) is 0 Å². The molecule has 1 heterocycles. The number of rotatable bonds is 10. The summed E-state index contributed by atoms with van der Waals surface area (Å²) in [6, 6.07) is 10.4. The number of carbonyl (C=O) groups excluding carboxylic acids is 3. The van der Waals surface area contributed by atoms with Crippen LogP contribution in [0.1, 0.15) is 42.6 Å². The number of hydrogen-bond donors (Lipinski definition) is 2. The van der Waals surface area contributed by atoms with Crippen molar-refractivity contribution in [1.82, 2.24) is 15.6 Å². The number of benzene rings is 2. The molecule has 0 aliphatic rings. The summed E-state index contributed by atoms with van der Waals surface area (Å²) in [6.07, 6.45) is 1.68. The highest BCUT2D eigenvalue weighted by atomic mass is 32.1. The number of aromatic nitrogens is 1. The molecule has 0 bridgehead atoms. The number of nitrogens with zero attached hydrogens (tertiary/aromatic N) is 2. The molecule has 3 rings (SSSR count). The van der Waals surface area contributed by atoms with Crippen LogP contribution in [-0.4, -0.2) is 34.3 Å². The first-order chi connectivity index (χ1) is 17.5. The van der Waals surface area contributed by atoms with Gasteiger partial charge in [0.25, 0.3) is 11.8 Å². The van der Waals surface area contributed by atoms with Crippen LogP contribution in [0.2, 0.25) is 0 Å². The van der Waals surface area contributed by atoms with E-state index in [9.17, 15) is 28.1 Å². The summed E-state index contributed by atoms with van der Waals surface area (Å²) < 4.78 is 26.5. The topological polar surface area (TPSA) is 118 Å². The maximum Gasteiger partial charge on any atom is 0.289 e.